The van der Waals surface area contributed by atoms with Crippen molar-refractivity contribution < 1.29 is 0 Å². The first-order valence-corrected chi connectivity index (χ1v) is 3.95. The number of nitrogens with two attached hydrogens (primary N) is 1. The van der Waals surface area contributed by atoms with Crippen LogP contribution in [0.1, 0.15) is 5.69 Å². The lowest BCUT2D eigenvalue weighted by atomic mass is 10.4. The summed E-state index contributed by atoms with van der Waals surface area (Å²) in [7, 11) is 0. The van der Waals surface area contributed by atoms with Gasteiger partial charge in [0.1, 0.15) is 0 Å². The average molecular weight is 142 g/mol. The molecule has 3 heteroatoms. The number of rotatable bonds is 1. The van der Waals surface area contributed by atoms with Gasteiger partial charge < -0.3 is 10.7 Å². The number of nitrogens with one attached hydrogen (secondary N) is 1. The van der Waals surface area contributed by atoms with Crippen LogP contribution < -0.4 is 5.73 Å². The van der Waals surface area contributed by atoms with Crippen LogP contribution in [-0.2, 0) is 0 Å². The van der Waals surface area contributed by atoms with Crippen LogP contribution >= 0.6 is 11.8 Å². The first-order valence-electron chi connectivity index (χ1n) is 2.73. The van der Waals surface area contributed by atoms with E-state index in [0.717, 1.165) is 16.3 Å². The van der Waals surface area contributed by atoms with Gasteiger partial charge in [-0.1, -0.05) is 0 Å². The van der Waals surface area contributed by atoms with Crippen molar-refractivity contribution in [2.45, 2.75) is 11.8 Å². The minimum atomic E-state index is 0.847. The molecule has 0 bridgehead atoms. The largest absolute Gasteiger partial charge is 0.397 e. The molecule has 0 amide bonds. The third-order valence-electron chi connectivity index (χ3n) is 1.25. The van der Waals surface area contributed by atoms with Crippen molar-refractivity contribution in [1.82, 2.24) is 4.98 Å². The Morgan fingerprint density at radius 3 is 2.56 bits per heavy atom. The van der Waals surface area contributed by atoms with Crippen molar-refractivity contribution >= 4 is 17.4 Å². The second-order valence-corrected chi connectivity index (χ2v) is 2.72. The smallest absolute Gasteiger partial charge is 0.0632 e. The summed E-state index contributed by atoms with van der Waals surface area (Å²) in [5.74, 6) is 0. The van der Waals surface area contributed by atoms with E-state index in [9.17, 15) is 0 Å². The predicted molar refractivity (Wildman–Crippen MR) is 41.7 cm³/mol. The Bertz CT molecular complexity index is 185. The van der Waals surface area contributed by atoms with Gasteiger partial charge in [-0.3, -0.25) is 0 Å². The van der Waals surface area contributed by atoms with E-state index >= 15 is 0 Å². The molecule has 0 fully saturated rings. The zero-order valence-electron chi connectivity index (χ0n) is 5.56. The van der Waals surface area contributed by atoms with E-state index in [0.29, 0.717) is 0 Å². The summed E-state index contributed by atoms with van der Waals surface area (Å²) in [6.45, 7) is 2.02. The Morgan fingerprint density at radius 2 is 2.33 bits per heavy atom. The van der Waals surface area contributed by atoms with E-state index in [1.807, 2.05) is 19.4 Å². The Labute approximate surface area is 58.8 Å². The van der Waals surface area contributed by atoms with Crippen molar-refractivity contribution in [3.05, 3.63) is 11.9 Å². The van der Waals surface area contributed by atoms with Crippen LogP contribution in [0.15, 0.2) is 11.1 Å². The lowest BCUT2D eigenvalue weighted by molar-refractivity contribution is 1.21. The molecule has 9 heavy (non-hydrogen) atoms. The number of thioether (sulfide) groups is 1. The van der Waals surface area contributed by atoms with E-state index in [1.54, 1.807) is 11.8 Å². The summed E-state index contributed by atoms with van der Waals surface area (Å²) in [6, 6.07) is 0. The molecule has 0 unspecified atom stereocenters. The molecule has 0 aliphatic rings. The molecule has 1 aromatic heterocycles. The van der Waals surface area contributed by atoms with Crippen LogP contribution in [0.3, 0.4) is 0 Å². The molecule has 1 rings (SSSR count). The maximum atomic E-state index is 5.60. The molecule has 50 valence electrons. The number of H-pyrrole nitrogens is 1. The fourth-order valence-electron chi connectivity index (χ4n) is 0.805. The van der Waals surface area contributed by atoms with Gasteiger partial charge in [0, 0.05) is 11.9 Å². The zero-order valence-corrected chi connectivity index (χ0v) is 6.38. The molecule has 3 N–H and O–H groups in total. The van der Waals surface area contributed by atoms with Crippen LogP contribution in [0.5, 0.6) is 0 Å². The normalized spacial score (nSPS) is 10.0. The van der Waals surface area contributed by atoms with Crippen molar-refractivity contribution in [2.24, 2.45) is 0 Å². The summed E-state index contributed by atoms with van der Waals surface area (Å²) in [5, 5.41) is 0. The van der Waals surface area contributed by atoms with E-state index < -0.39 is 0 Å². The number of aromatic nitrogens is 1. The lowest BCUT2D eigenvalue weighted by Crippen LogP contribution is -1.82. The Morgan fingerprint density at radius 1 is 1.67 bits per heavy atom. The van der Waals surface area contributed by atoms with E-state index in [2.05, 4.69) is 4.98 Å². The summed E-state index contributed by atoms with van der Waals surface area (Å²) >= 11 is 1.67. The minimum absolute atomic E-state index is 0.847. The number of anilines is 1. The SMILES string of the molecule is CSc1c(N)c[nH]c1C. The average Bonchev–Trinajstić information content (AvgIpc) is 2.12. The molecule has 2 nitrogen and oxygen atoms in total. The minimum Gasteiger partial charge on any atom is -0.397 e. The molecule has 0 radical (unpaired) electrons. The van der Waals surface area contributed by atoms with E-state index in [1.165, 1.54) is 0 Å². The second kappa shape index (κ2) is 2.35. The summed E-state index contributed by atoms with van der Waals surface area (Å²) in [5.41, 5.74) is 7.60. The maximum absolute atomic E-state index is 5.60. The molecule has 0 saturated heterocycles. The predicted octanol–water partition coefficient (Wildman–Crippen LogP) is 1.63. The van der Waals surface area contributed by atoms with Gasteiger partial charge in [0.25, 0.3) is 0 Å². The summed E-state index contributed by atoms with van der Waals surface area (Å²) in [4.78, 5) is 4.20. The Hall–Kier alpha value is -0.570. The van der Waals surface area contributed by atoms with Crippen molar-refractivity contribution in [3.8, 4) is 0 Å². The number of aryl methyl sites for hydroxylation is 1. The standard InChI is InChI=1S/C6H10N2S/c1-4-6(9-2)5(7)3-8-4/h3,8H,7H2,1-2H3. The monoisotopic (exact) mass is 142 g/mol. The molecule has 0 aromatic carbocycles. The highest BCUT2D eigenvalue weighted by atomic mass is 32.2. The molecule has 0 atom stereocenters. The van der Waals surface area contributed by atoms with Crippen molar-refractivity contribution in [3.63, 3.8) is 0 Å². The molecule has 0 spiro atoms. The van der Waals surface area contributed by atoms with Gasteiger partial charge in [-0.2, -0.15) is 0 Å². The van der Waals surface area contributed by atoms with Crippen LogP contribution in [0, 0.1) is 6.92 Å². The van der Waals surface area contributed by atoms with Gasteiger partial charge >= 0.3 is 0 Å². The van der Waals surface area contributed by atoms with Gasteiger partial charge in [0.05, 0.1) is 10.6 Å². The van der Waals surface area contributed by atoms with Crippen LogP contribution in [0.2, 0.25) is 0 Å². The van der Waals surface area contributed by atoms with Gasteiger partial charge in [0.15, 0.2) is 0 Å². The second-order valence-electron chi connectivity index (χ2n) is 1.90. The Kier molecular flexibility index (Phi) is 1.71. The fraction of sp³-hybridized carbons (Fsp3) is 0.333. The van der Waals surface area contributed by atoms with E-state index in [4.69, 9.17) is 5.73 Å². The maximum Gasteiger partial charge on any atom is 0.0632 e. The molecule has 1 heterocycles. The summed E-state index contributed by atoms with van der Waals surface area (Å²) < 4.78 is 0. The molecule has 0 saturated carbocycles. The number of hydrogen-bond acceptors (Lipinski definition) is 2. The van der Waals surface area contributed by atoms with Gasteiger partial charge in [-0.05, 0) is 13.2 Å². The molecule has 1 aromatic rings. The Balaban J connectivity index is 3.07. The topological polar surface area (TPSA) is 41.8 Å². The van der Waals surface area contributed by atoms with Crippen LogP contribution in [0.25, 0.3) is 0 Å². The first-order chi connectivity index (χ1) is 4.25. The zero-order chi connectivity index (χ0) is 6.85. The van der Waals surface area contributed by atoms with Crippen molar-refractivity contribution in [1.29, 1.82) is 0 Å². The van der Waals surface area contributed by atoms with Crippen molar-refractivity contribution in [2.75, 3.05) is 12.0 Å². The number of nitrogen functional groups attached to an aromatic ring is 1. The molecular formula is C6H10N2S. The molecule has 0 aliphatic heterocycles. The van der Waals surface area contributed by atoms with Crippen LogP contribution in [-0.4, -0.2) is 11.2 Å². The third kappa shape index (κ3) is 1.05. The van der Waals surface area contributed by atoms with Gasteiger partial charge in [0.2, 0.25) is 0 Å². The fourth-order valence-corrected chi connectivity index (χ4v) is 1.46. The van der Waals surface area contributed by atoms with E-state index in [-0.39, 0.29) is 0 Å². The highest BCUT2D eigenvalue weighted by Gasteiger charge is 2.00. The first kappa shape index (κ1) is 6.55. The molecular weight excluding hydrogens is 132 g/mol. The van der Waals surface area contributed by atoms with Crippen LogP contribution in [0.4, 0.5) is 5.69 Å². The lowest BCUT2D eigenvalue weighted by Gasteiger charge is -1.92. The highest BCUT2D eigenvalue weighted by molar-refractivity contribution is 7.98. The highest BCUT2D eigenvalue weighted by Crippen LogP contribution is 2.25. The number of aromatic amines is 1. The van der Waals surface area contributed by atoms with Gasteiger partial charge in [-0.25, -0.2) is 0 Å². The summed E-state index contributed by atoms with van der Waals surface area (Å²) in [6.07, 6.45) is 3.84. The third-order valence-corrected chi connectivity index (χ3v) is 2.20. The quantitative estimate of drug-likeness (QED) is 0.585. The van der Waals surface area contributed by atoms with Gasteiger partial charge in [-0.15, -0.1) is 11.8 Å². The number of hydrogen-bond donors (Lipinski definition) is 2. The molecule has 0 aliphatic carbocycles.